The van der Waals surface area contributed by atoms with Crippen LogP contribution in [-0.4, -0.2) is 22.5 Å². The van der Waals surface area contributed by atoms with E-state index in [-0.39, 0.29) is 6.03 Å². The van der Waals surface area contributed by atoms with Gasteiger partial charge in [-0.05, 0) is 36.2 Å². The first-order valence-corrected chi connectivity index (χ1v) is 9.27. The van der Waals surface area contributed by atoms with Crippen molar-refractivity contribution in [2.24, 2.45) is 0 Å². The molecule has 3 aromatic rings. The van der Waals surface area contributed by atoms with Gasteiger partial charge in [0.1, 0.15) is 0 Å². The fourth-order valence-electron chi connectivity index (χ4n) is 2.21. The van der Waals surface area contributed by atoms with Crippen LogP contribution in [0.25, 0.3) is 11.0 Å². The van der Waals surface area contributed by atoms with E-state index < -0.39 is 0 Å². The minimum atomic E-state index is -0.324. The van der Waals surface area contributed by atoms with Crippen molar-refractivity contribution < 1.29 is 4.79 Å². The van der Waals surface area contributed by atoms with Crippen molar-refractivity contribution >= 4 is 63.8 Å². The number of halogens is 3. The van der Waals surface area contributed by atoms with Gasteiger partial charge in [0.2, 0.25) is 0 Å². The quantitative estimate of drug-likeness (QED) is 0.402. The van der Waals surface area contributed by atoms with E-state index in [2.05, 4.69) is 20.0 Å². The highest BCUT2D eigenvalue weighted by atomic mass is 35.5. The van der Waals surface area contributed by atoms with Crippen LogP contribution in [0.1, 0.15) is 5.56 Å². The van der Waals surface area contributed by atoms with E-state index in [0.717, 1.165) is 28.5 Å². The summed E-state index contributed by atoms with van der Waals surface area (Å²) >= 11 is 19.2. The molecule has 0 aliphatic heterocycles. The number of fused-ring (bicyclic) bond motifs is 1. The van der Waals surface area contributed by atoms with Crippen molar-refractivity contribution in [3.8, 4) is 0 Å². The van der Waals surface area contributed by atoms with Gasteiger partial charge in [-0.15, -0.1) is 0 Å². The molecule has 0 bridgehead atoms. The lowest BCUT2D eigenvalue weighted by Crippen LogP contribution is -2.32. The van der Waals surface area contributed by atoms with Crippen molar-refractivity contribution in [1.29, 1.82) is 0 Å². The maximum Gasteiger partial charge on any atom is 0.325 e. The van der Waals surface area contributed by atoms with Crippen molar-refractivity contribution in [3.05, 3.63) is 57.0 Å². The molecular weight excluding hydrogens is 403 g/mol. The van der Waals surface area contributed by atoms with Crippen LogP contribution < -0.4 is 10.0 Å². The molecule has 25 heavy (non-hydrogen) atoms. The minimum absolute atomic E-state index is 0.324. The van der Waals surface area contributed by atoms with Crippen molar-refractivity contribution in [3.63, 3.8) is 0 Å². The number of aromatic amines is 1. The highest BCUT2D eigenvalue weighted by Crippen LogP contribution is 2.29. The van der Waals surface area contributed by atoms with E-state index in [9.17, 15) is 4.79 Å². The molecule has 2 amide bonds. The number of benzene rings is 2. The Kier molecular flexibility index (Phi) is 5.96. The molecule has 0 radical (unpaired) electrons. The molecule has 130 valence electrons. The standard InChI is InChI=1S/C16H13Cl3N4OS/c17-10-7-9(14(19)11(18)8-10)5-6-20-15(24)23-25-16-21-12-3-1-2-4-13(12)22-16/h1-4,7-8H,5-6H2,(H,21,22)(H2,20,23,24). The minimum Gasteiger partial charge on any atom is -0.337 e. The van der Waals surface area contributed by atoms with E-state index in [1.54, 1.807) is 12.1 Å². The number of nitrogens with zero attached hydrogens (tertiary/aromatic N) is 1. The van der Waals surface area contributed by atoms with Gasteiger partial charge in [0, 0.05) is 23.5 Å². The second-order valence-corrected chi connectivity index (χ2v) is 7.15. The van der Waals surface area contributed by atoms with Crippen LogP contribution >= 0.6 is 46.8 Å². The smallest absolute Gasteiger partial charge is 0.325 e. The fourth-order valence-corrected chi connectivity index (χ4v) is 3.52. The van der Waals surface area contributed by atoms with Gasteiger partial charge in [0.05, 0.1) is 21.1 Å². The second kappa shape index (κ2) is 8.19. The van der Waals surface area contributed by atoms with Crippen LogP contribution in [0.15, 0.2) is 41.6 Å². The van der Waals surface area contributed by atoms with E-state index >= 15 is 0 Å². The van der Waals surface area contributed by atoms with Gasteiger partial charge in [-0.25, -0.2) is 9.78 Å². The van der Waals surface area contributed by atoms with Crippen LogP contribution in [0.2, 0.25) is 15.1 Å². The highest BCUT2D eigenvalue weighted by Gasteiger charge is 2.09. The Hall–Kier alpha value is -1.60. The lowest BCUT2D eigenvalue weighted by atomic mass is 10.1. The third kappa shape index (κ3) is 4.73. The molecule has 3 rings (SSSR count). The van der Waals surface area contributed by atoms with Crippen molar-refractivity contribution in [2.75, 3.05) is 6.54 Å². The number of urea groups is 1. The normalized spacial score (nSPS) is 10.8. The summed E-state index contributed by atoms with van der Waals surface area (Å²) in [5, 5.41) is 4.71. The molecule has 0 saturated carbocycles. The molecular formula is C16H13Cl3N4OS. The molecule has 1 aromatic heterocycles. The summed E-state index contributed by atoms with van der Waals surface area (Å²) in [5.74, 6) is 0. The number of para-hydroxylation sites is 2. The van der Waals surface area contributed by atoms with Gasteiger partial charge >= 0.3 is 6.03 Å². The number of nitrogens with one attached hydrogen (secondary N) is 3. The maximum absolute atomic E-state index is 11.9. The summed E-state index contributed by atoms with van der Waals surface area (Å²) in [6.45, 7) is 0.392. The number of aromatic nitrogens is 2. The van der Waals surface area contributed by atoms with E-state index in [0.29, 0.717) is 33.2 Å². The van der Waals surface area contributed by atoms with Gasteiger partial charge in [-0.3, -0.25) is 4.72 Å². The number of H-pyrrole nitrogens is 1. The molecule has 0 saturated heterocycles. The molecule has 3 N–H and O–H groups in total. The molecule has 2 aromatic carbocycles. The number of carbonyl (C=O) groups excluding carboxylic acids is 1. The third-order valence-corrected chi connectivity index (χ3v) is 5.09. The predicted octanol–water partition coefficient (Wildman–Crippen LogP) is 5.07. The molecule has 9 heteroatoms. The predicted molar refractivity (Wildman–Crippen MR) is 104 cm³/mol. The number of carbonyl (C=O) groups is 1. The van der Waals surface area contributed by atoms with Gasteiger partial charge in [-0.1, -0.05) is 46.9 Å². The van der Waals surface area contributed by atoms with Crippen LogP contribution in [0.3, 0.4) is 0 Å². The SMILES string of the molecule is O=C(NCCc1cc(Cl)cc(Cl)c1Cl)NSc1nc2ccccc2[nH]1. The Morgan fingerprint density at radius 3 is 2.80 bits per heavy atom. The van der Waals surface area contributed by atoms with Crippen LogP contribution in [0, 0.1) is 0 Å². The summed E-state index contributed by atoms with van der Waals surface area (Å²) in [5.41, 5.74) is 2.55. The maximum atomic E-state index is 11.9. The molecule has 0 aliphatic carbocycles. The third-order valence-electron chi connectivity index (χ3n) is 3.36. The zero-order chi connectivity index (χ0) is 17.8. The largest absolute Gasteiger partial charge is 0.337 e. The number of hydrogen-bond acceptors (Lipinski definition) is 3. The monoisotopic (exact) mass is 414 g/mol. The Morgan fingerprint density at radius 1 is 1.20 bits per heavy atom. The van der Waals surface area contributed by atoms with Crippen LogP contribution in [0.4, 0.5) is 4.79 Å². The second-order valence-electron chi connectivity index (χ2n) is 5.13. The Balaban J connectivity index is 1.48. The van der Waals surface area contributed by atoms with Gasteiger partial charge < -0.3 is 10.3 Å². The Morgan fingerprint density at radius 2 is 2.00 bits per heavy atom. The number of imidazole rings is 1. The first kappa shape index (κ1) is 18.2. The van der Waals surface area contributed by atoms with Gasteiger partial charge in [0.15, 0.2) is 5.16 Å². The molecule has 0 unspecified atom stereocenters. The fraction of sp³-hybridized carbons (Fsp3) is 0.125. The summed E-state index contributed by atoms with van der Waals surface area (Å²) in [6.07, 6.45) is 0.516. The summed E-state index contributed by atoms with van der Waals surface area (Å²) < 4.78 is 2.67. The Bertz CT molecular complexity index is 883. The molecule has 0 fully saturated rings. The number of amides is 2. The topological polar surface area (TPSA) is 69.8 Å². The zero-order valence-corrected chi connectivity index (χ0v) is 15.9. The Labute approximate surface area is 163 Å². The lowest BCUT2D eigenvalue weighted by molar-refractivity contribution is 0.246. The van der Waals surface area contributed by atoms with Crippen LogP contribution in [-0.2, 0) is 6.42 Å². The first-order valence-electron chi connectivity index (χ1n) is 7.32. The van der Waals surface area contributed by atoms with Crippen molar-refractivity contribution in [2.45, 2.75) is 11.6 Å². The number of hydrogen-bond donors (Lipinski definition) is 3. The molecule has 0 spiro atoms. The van der Waals surface area contributed by atoms with Gasteiger partial charge in [-0.2, -0.15) is 0 Å². The molecule has 5 nitrogen and oxygen atoms in total. The molecule has 1 heterocycles. The molecule has 0 aliphatic rings. The molecule has 0 atom stereocenters. The van der Waals surface area contributed by atoms with Crippen molar-refractivity contribution in [1.82, 2.24) is 20.0 Å². The average molecular weight is 416 g/mol. The van der Waals surface area contributed by atoms with E-state index in [4.69, 9.17) is 34.8 Å². The lowest BCUT2D eigenvalue weighted by Gasteiger charge is -2.08. The average Bonchev–Trinajstić information content (AvgIpc) is 3.00. The number of rotatable bonds is 5. The van der Waals surface area contributed by atoms with Crippen LogP contribution in [0.5, 0.6) is 0 Å². The summed E-state index contributed by atoms with van der Waals surface area (Å²) in [4.78, 5) is 19.3. The van der Waals surface area contributed by atoms with E-state index in [1.165, 1.54) is 0 Å². The summed E-state index contributed by atoms with van der Waals surface area (Å²) in [7, 11) is 0. The summed E-state index contributed by atoms with van der Waals surface area (Å²) in [6, 6.07) is 10.6. The highest BCUT2D eigenvalue weighted by molar-refractivity contribution is 7.97. The van der Waals surface area contributed by atoms with Gasteiger partial charge in [0.25, 0.3) is 0 Å². The first-order chi connectivity index (χ1) is 12.0. The zero-order valence-electron chi connectivity index (χ0n) is 12.8. The van der Waals surface area contributed by atoms with E-state index in [1.807, 2.05) is 24.3 Å².